The van der Waals surface area contributed by atoms with Gasteiger partial charge in [-0.25, -0.2) is 0 Å². The van der Waals surface area contributed by atoms with Gasteiger partial charge in [-0.1, -0.05) is 64.7 Å². The van der Waals surface area contributed by atoms with E-state index in [0.717, 1.165) is 13.0 Å². The van der Waals surface area contributed by atoms with Gasteiger partial charge in [0.15, 0.2) is 0 Å². The second-order valence-corrected chi connectivity index (χ2v) is 11.5. The zero-order valence-corrected chi connectivity index (χ0v) is 31.8. The molecule has 0 unspecified atom stereocenters. The van der Waals surface area contributed by atoms with Crippen LogP contribution in [0.5, 0.6) is 0 Å². The quantitative estimate of drug-likeness (QED) is 0.0615. The van der Waals surface area contributed by atoms with E-state index >= 15 is 0 Å². The van der Waals surface area contributed by atoms with Gasteiger partial charge >= 0.3 is 5.97 Å². The first-order valence-electron chi connectivity index (χ1n) is 19.3. The molecule has 0 spiro atoms. The molecule has 0 aliphatic rings. The van der Waals surface area contributed by atoms with Gasteiger partial charge in [-0.3, -0.25) is 4.79 Å². The average Bonchev–Trinajstić information content (AvgIpc) is 3.12. The van der Waals surface area contributed by atoms with E-state index in [4.69, 9.17) is 56.8 Å². The van der Waals surface area contributed by atoms with Crippen LogP contribution in [0.25, 0.3) is 0 Å². The maximum absolute atomic E-state index is 11.2. The molecule has 0 amide bonds. The maximum Gasteiger partial charge on any atom is 0.308 e. The van der Waals surface area contributed by atoms with Crippen molar-refractivity contribution in [1.82, 2.24) is 0 Å². The Morgan fingerprint density at radius 2 is 0.540 bits per heavy atom. The summed E-state index contributed by atoms with van der Waals surface area (Å²) in [6.45, 7) is 16.0. The van der Waals surface area contributed by atoms with Crippen LogP contribution < -0.4 is 0 Å². The van der Waals surface area contributed by atoms with Crippen LogP contribution in [0.4, 0.5) is 0 Å². The van der Waals surface area contributed by atoms with Crippen molar-refractivity contribution in [1.29, 1.82) is 0 Å². The Balaban J connectivity index is 3.06. The molecule has 0 aromatic carbocycles. The van der Waals surface area contributed by atoms with Crippen molar-refractivity contribution in [3.63, 3.8) is 0 Å². The second-order valence-electron chi connectivity index (χ2n) is 11.5. The van der Waals surface area contributed by atoms with Gasteiger partial charge < -0.3 is 56.8 Å². The van der Waals surface area contributed by atoms with E-state index in [0.29, 0.717) is 145 Å². The fourth-order valence-electron chi connectivity index (χ4n) is 4.38. The van der Waals surface area contributed by atoms with Crippen molar-refractivity contribution < 1.29 is 61.6 Å². The Bertz CT molecular complexity index is 630. The summed E-state index contributed by atoms with van der Waals surface area (Å²) in [6, 6.07) is 0. The van der Waals surface area contributed by atoms with E-state index in [2.05, 4.69) is 6.92 Å². The zero-order chi connectivity index (χ0) is 36.1. The minimum absolute atomic E-state index is 0.248. The molecule has 300 valence electrons. The highest BCUT2D eigenvalue weighted by Crippen LogP contribution is 2.10. The summed E-state index contributed by atoms with van der Waals surface area (Å²) < 4.78 is 65.1. The highest BCUT2D eigenvalue weighted by Gasteiger charge is 2.01. The topological polar surface area (TPSA) is 128 Å². The average molecular weight is 727 g/mol. The first-order valence-corrected chi connectivity index (χ1v) is 19.3. The van der Waals surface area contributed by atoms with Crippen LogP contribution in [0.2, 0.25) is 0 Å². The van der Waals surface area contributed by atoms with Gasteiger partial charge in [0.1, 0.15) is 0 Å². The van der Waals surface area contributed by atoms with Crippen molar-refractivity contribution in [2.75, 3.05) is 152 Å². The van der Waals surface area contributed by atoms with Crippen LogP contribution in [0.3, 0.4) is 0 Å². The molecule has 0 saturated carbocycles. The van der Waals surface area contributed by atoms with Crippen LogP contribution in [0.15, 0.2) is 0 Å². The molecule has 0 N–H and O–H groups in total. The lowest BCUT2D eigenvalue weighted by Crippen LogP contribution is -2.15. The number of ether oxygens (including phenoxy) is 12. The maximum atomic E-state index is 11.2. The number of carbonyl (C=O) groups is 1. The highest BCUT2D eigenvalue weighted by atomic mass is 16.6. The zero-order valence-electron chi connectivity index (χ0n) is 31.8. The third-order valence-electron chi connectivity index (χ3n) is 7.12. The number of hydrogen-bond donors (Lipinski definition) is 0. The van der Waals surface area contributed by atoms with Gasteiger partial charge in [0.05, 0.1) is 152 Å². The molecule has 0 heterocycles. The Morgan fingerprint density at radius 1 is 0.300 bits per heavy atom. The molecular weight excluding hydrogens is 652 g/mol. The van der Waals surface area contributed by atoms with Gasteiger partial charge in [0.2, 0.25) is 0 Å². The van der Waals surface area contributed by atoms with E-state index in [1.807, 2.05) is 0 Å². The van der Waals surface area contributed by atoms with Crippen LogP contribution in [0.1, 0.15) is 84.5 Å². The molecule has 0 fully saturated rings. The molecule has 13 heteroatoms. The van der Waals surface area contributed by atoms with E-state index < -0.39 is 0 Å². The van der Waals surface area contributed by atoms with Gasteiger partial charge in [0.25, 0.3) is 0 Å². The number of esters is 1. The van der Waals surface area contributed by atoms with Crippen molar-refractivity contribution >= 4 is 5.97 Å². The number of hydrogen-bond acceptors (Lipinski definition) is 13. The summed E-state index contributed by atoms with van der Waals surface area (Å²) in [5.74, 6) is -0.248. The van der Waals surface area contributed by atoms with E-state index in [9.17, 15) is 4.79 Å². The summed E-state index contributed by atoms with van der Waals surface area (Å²) >= 11 is 0. The third-order valence-corrected chi connectivity index (χ3v) is 7.12. The molecule has 0 aromatic rings. The largest absolute Gasteiger partial charge is 0.466 e. The SMILES string of the molecule is CCCCCCCCCCCCOCCOCCOCCOCCOCCOCCOCCOCCOCCOCCOCCC(=O)OCC. The predicted molar refractivity (Wildman–Crippen MR) is 192 cm³/mol. The number of unbranched alkanes of at least 4 members (excludes halogenated alkanes) is 9. The normalized spacial score (nSPS) is 11.5. The van der Waals surface area contributed by atoms with Crippen LogP contribution in [-0.4, -0.2) is 158 Å². The Labute approximate surface area is 303 Å². The third kappa shape index (κ3) is 45.1. The monoisotopic (exact) mass is 727 g/mol. The summed E-state index contributed by atoms with van der Waals surface area (Å²) in [4.78, 5) is 11.2. The fraction of sp³-hybridized carbons (Fsp3) is 0.973. The van der Waals surface area contributed by atoms with E-state index in [1.165, 1.54) is 57.8 Å². The molecule has 0 aliphatic heterocycles. The van der Waals surface area contributed by atoms with Gasteiger partial charge in [0, 0.05) is 6.61 Å². The van der Waals surface area contributed by atoms with Gasteiger partial charge in [-0.05, 0) is 13.3 Å². The molecule has 0 aromatic heterocycles. The molecule has 0 atom stereocenters. The molecule has 0 saturated heterocycles. The lowest BCUT2D eigenvalue weighted by atomic mass is 10.1. The molecular formula is C37H74O13. The highest BCUT2D eigenvalue weighted by molar-refractivity contribution is 5.69. The predicted octanol–water partition coefficient (Wildman–Crippen LogP) is 5.04. The fourth-order valence-corrected chi connectivity index (χ4v) is 4.38. The summed E-state index contributed by atoms with van der Waals surface area (Å²) in [7, 11) is 0. The molecule has 0 bridgehead atoms. The Kier molecular flexibility index (Phi) is 45.2. The lowest BCUT2D eigenvalue weighted by Gasteiger charge is -2.09. The summed E-state index contributed by atoms with van der Waals surface area (Å²) in [5, 5.41) is 0. The van der Waals surface area contributed by atoms with Crippen molar-refractivity contribution in [2.45, 2.75) is 84.5 Å². The van der Waals surface area contributed by atoms with Crippen molar-refractivity contribution in [2.24, 2.45) is 0 Å². The first kappa shape index (κ1) is 49.0. The standard InChI is InChI=1S/C37H74O13/c1-3-5-6-7-8-9-10-11-12-13-15-39-17-19-41-21-23-43-25-27-45-29-31-47-33-35-49-36-34-48-32-30-46-28-26-44-24-22-42-20-18-40-16-14-37(38)50-4-2/h3-36H2,1-2H3. The lowest BCUT2D eigenvalue weighted by molar-refractivity contribution is -0.144. The molecule has 50 heavy (non-hydrogen) atoms. The number of carbonyl (C=O) groups excluding carboxylic acids is 1. The Morgan fingerprint density at radius 3 is 0.820 bits per heavy atom. The van der Waals surface area contributed by atoms with Gasteiger partial charge in [-0.15, -0.1) is 0 Å². The second kappa shape index (κ2) is 46.1. The molecule has 0 rings (SSSR count). The van der Waals surface area contributed by atoms with E-state index in [1.54, 1.807) is 6.92 Å². The van der Waals surface area contributed by atoms with Gasteiger partial charge in [-0.2, -0.15) is 0 Å². The van der Waals surface area contributed by atoms with Crippen molar-refractivity contribution in [3.05, 3.63) is 0 Å². The summed E-state index contributed by atoms with van der Waals surface area (Å²) in [5.41, 5.74) is 0. The molecule has 0 radical (unpaired) electrons. The van der Waals surface area contributed by atoms with Crippen LogP contribution in [0, 0.1) is 0 Å². The smallest absolute Gasteiger partial charge is 0.308 e. The minimum atomic E-state index is -0.248. The summed E-state index contributed by atoms with van der Waals surface area (Å²) in [6.07, 6.45) is 13.7. The van der Waals surface area contributed by atoms with Crippen molar-refractivity contribution in [3.8, 4) is 0 Å². The van der Waals surface area contributed by atoms with E-state index in [-0.39, 0.29) is 12.4 Å². The molecule has 13 nitrogen and oxygen atoms in total. The van der Waals surface area contributed by atoms with Crippen LogP contribution in [-0.2, 0) is 61.6 Å². The first-order chi connectivity index (χ1) is 24.8. The Hall–Kier alpha value is -0.970. The number of rotatable bonds is 45. The van der Waals surface area contributed by atoms with Crippen LogP contribution >= 0.6 is 0 Å². The molecule has 0 aliphatic carbocycles. The minimum Gasteiger partial charge on any atom is -0.466 e.